The summed E-state index contributed by atoms with van der Waals surface area (Å²) in [5.74, 6) is 3.15. The Morgan fingerprint density at radius 1 is 1.18 bits per heavy atom. The Bertz CT molecular complexity index is 692. The number of benzene rings is 2. The molecule has 0 aliphatic heterocycles. The van der Waals surface area contributed by atoms with Gasteiger partial charge in [0.25, 0.3) is 0 Å². The van der Waals surface area contributed by atoms with Crippen LogP contribution in [0.25, 0.3) is 0 Å². The third-order valence-corrected chi connectivity index (χ3v) is 4.21. The summed E-state index contributed by atoms with van der Waals surface area (Å²) in [6.07, 6.45) is 8.06. The Morgan fingerprint density at radius 3 is 2.36 bits per heavy atom. The van der Waals surface area contributed by atoms with Crippen molar-refractivity contribution in [2.75, 3.05) is 6.61 Å². The maximum atomic E-state index is 5.49. The molecule has 112 valence electrons. The van der Waals surface area contributed by atoms with Crippen LogP contribution in [0.1, 0.15) is 18.1 Å². The minimum atomic E-state index is 0.231. The van der Waals surface area contributed by atoms with E-state index in [1.165, 1.54) is 5.56 Å². The molecule has 0 aliphatic rings. The highest BCUT2D eigenvalue weighted by molar-refractivity contribution is 9.11. The molecule has 2 aromatic carbocycles. The van der Waals surface area contributed by atoms with Gasteiger partial charge in [-0.05, 0) is 73.7 Å². The number of aliphatic imine (C=N–C) groups is 1. The van der Waals surface area contributed by atoms with Crippen LogP contribution in [0.2, 0.25) is 0 Å². The lowest BCUT2D eigenvalue weighted by atomic mass is 10.1. The number of rotatable bonds is 5. The van der Waals surface area contributed by atoms with Gasteiger partial charge in [0.1, 0.15) is 12.4 Å². The molecule has 0 aromatic heterocycles. The lowest BCUT2D eigenvalue weighted by Crippen LogP contribution is -1.96. The first-order chi connectivity index (χ1) is 10.6. The molecule has 0 fully saturated rings. The van der Waals surface area contributed by atoms with Crippen LogP contribution in [0.15, 0.2) is 50.3 Å². The Balaban J connectivity index is 2.18. The van der Waals surface area contributed by atoms with Crippen molar-refractivity contribution in [2.24, 2.45) is 4.99 Å². The maximum absolute atomic E-state index is 5.49. The van der Waals surface area contributed by atoms with Crippen LogP contribution in [0, 0.1) is 12.3 Å². The normalized spacial score (nSPS) is 10.6. The van der Waals surface area contributed by atoms with E-state index in [4.69, 9.17) is 11.2 Å². The van der Waals surface area contributed by atoms with Gasteiger partial charge in [-0.2, -0.15) is 0 Å². The van der Waals surface area contributed by atoms with Crippen LogP contribution in [-0.4, -0.2) is 12.8 Å². The summed E-state index contributed by atoms with van der Waals surface area (Å²) in [5, 5.41) is 0. The molecule has 2 rings (SSSR count). The second kappa shape index (κ2) is 8.17. The lowest BCUT2D eigenvalue weighted by molar-refractivity contribution is 0.365. The molecular formula is C18H15Br2NO. The predicted molar refractivity (Wildman–Crippen MR) is 99.2 cm³/mol. The Morgan fingerprint density at radius 2 is 1.82 bits per heavy atom. The second-order valence-electron chi connectivity index (χ2n) is 4.58. The van der Waals surface area contributed by atoms with Gasteiger partial charge in [0, 0.05) is 6.21 Å². The third-order valence-electron chi connectivity index (χ3n) is 3.03. The van der Waals surface area contributed by atoms with Crippen LogP contribution in [0.3, 0.4) is 0 Å². The summed E-state index contributed by atoms with van der Waals surface area (Å²) >= 11 is 6.98. The summed E-state index contributed by atoms with van der Waals surface area (Å²) in [4.78, 5) is 4.49. The second-order valence-corrected chi connectivity index (χ2v) is 6.29. The van der Waals surface area contributed by atoms with Gasteiger partial charge in [-0.1, -0.05) is 25.0 Å². The molecule has 0 unspecified atom stereocenters. The number of hydrogen-bond donors (Lipinski definition) is 0. The minimum absolute atomic E-state index is 0.231. The first kappa shape index (κ1) is 16.8. The van der Waals surface area contributed by atoms with Crippen molar-refractivity contribution in [2.45, 2.75) is 13.3 Å². The zero-order chi connectivity index (χ0) is 15.9. The SMILES string of the molecule is C#CCOc1c(Br)cc(C=Nc2ccc(CC)cc2)cc1Br. The Labute approximate surface area is 147 Å². The van der Waals surface area contributed by atoms with Crippen LogP contribution in [0.4, 0.5) is 5.69 Å². The highest BCUT2D eigenvalue weighted by Crippen LogP contribution is 2.34. The topological polar surface area (TPSA) is 21.6 Å². The molecule has 22 heavy (non-hydrogen) atoms. The van der Waals surface area contributed by atoms with Gasteiger partial charge in [0.05, 0.1) is 14.6 Å². The van der Waals surface area contributed by atoms with E-state index >= 15 is 0 Å². The summed E-state index contributed by atoms with van der Waals surface area (Å²) in [6.45, 7) is 2.37. The largest absolute Gasteiger partial charge is 0.479 e. The fraction of sp³-hybridized carbons (Fsp3) is 0.167. The zero-order valence-corrected chi connectivity index (χ0v) is 15.3. The Hall–Kier alpha value is -1.57. The van der Waals surface area contributed by atoms with E-state index in [9.17, 15) is 0 Å². The predicted octanol–water partition coefficient (Wildman–Crippen LogP) is 5.54. The van der Waals surface area contributed by atoms with Gasteiger partial charge in [-0.15, -0.1) is 6.42 Å². The minimum Gasteiger partial charge on any atom is -0.479 e. The molecular weight excluding hydrogens is 406 g/mol. The highest BCUT2D eigenvalue weighted by Gasteiger charge is 2.07. The molecule has 0 spiro atoms. The van der Waals surface area contributed by atoms with E-state index in [1.807, 2.05) is 30.5 Å². The molecule has 0 N–H and O–H groups in total. The van der Waals surface area contributed by atoms with E-state index < -0.39 is 0 Å². The van der Waals surface area contributed by atoms with Crippen LogP contribution >= 0.6 is 31.9 Å². The molecule has 0 radical (unpaired) electrons. The van der Waals surface area contributed by atoms with Crippen molar-refractivity contribution in [3.8, 4) is 18.1 Å². The summed E-state index contributed by atoms with van der Waals surface area (Å²) in [5.41, 5.74) is 3.20. The van der Waals surface area contributed by atoms with Gasteiger partial charge in [-0.3, -0.25) is 4.99 Å². The van der Waals surface area contributed by atoms with Crippen LogP contribution < -0.4 is 4.74 Å². The lowest BCUT2D eigenvalue weighted by Gasteiger charge is -2.08. The number of terminal acetylenes is 1. The molecule has 4 heteroatoms. The quantitative estimate of drug-likeness (QED) is 0.459. The van der Waals surface area contributed by atoms with Gasteiger partial charge in [0.15, 0.2) is 0 Å². The zero-order valence-electron chi connectivity index (χ0n) is 12.1. The first-order valence-electron chi connectivity index (χ1n) is 6.82. The van der Waals surface area contributed by atoms with Crippen molar-refractivity contribution in [1.29, 1.82) is 0 Å². The van der Waals surface area contributed by atoms with Crippen molar-refractivity contribution in [3.05, 3.63) is 56.5 Å². The monoisotopic (exact) mass is 419 g/mol. The standard InChI is InChI=1S/C18H15Br2NO/c1-3-9-22-18-16(19)10-14(11-17(18)20)12-21-15-7-5-13(4-2)6-8-15/h1,5-8,10-12H,4,9H2,2H3. The highest BCUT2D eigenvalue weighted by atomic mass is 79.9. The van der Waals surface area contributed by atoms with E-state index in [2.05, 4.69) is 61.8 Å². The van der Waals surface area contributed by atoms with Gasteiger partial charge in [-0.25, -0.2) is 0 Å². The Kier molecular flexibility index (Phi) is 6.23. The molecule has 0 bridgehead atoms. The fourth-order valence-electron chi connectivity index (χ4n) is 1.87. The average molecular weight is 421 g/mol. The number of halogens is 2. The van der Waals surface area contributed by atoms with Crippen molar-refractivity contribution < 1.29 is 4.74 Å². The molecule has 0 heterocycles. The summed E-state index contributed by atoms with van der Waals surface area (Å²) in [6, 6.07) is 12.1. The average Bonchev–Trinajstić information content (AvgIpc) is 2.52. The van der Waals surface area contributed by atoms with Gasteiger partial charge in [0.2, 0.25) is 0 Å². The summed E-state index contributed by atoms with van der Waals surface area (Å²) < 4.78 is 7.15. The molecule has 0 aliphatic carbocycles. The van der Waals surface area contributed by atoms with Gasteiger partial charge >= 0.3 is 0 Å². The number of aryl methyl sites for hydroxylation is 1. The first-order valence-corrected chi connectivity index (χ1v) is 8.41. The smallest absolute Gasteiger partial charge is 0.149 e. The maximum Gasteiger partial charge on any atom is 0.149 e. The number of hydrogen-bond acceptors (Lipinski definition) is 2. The van der Waals surface area contributed by atoms with Crippen molar-refractivity contribution in [3.63, 3.8) is 0 Å². The number of ether oxygens (including phenoxy) is 1. The van der Waals surface area contributed by atoms with Crippen LogP contribution in [-0.2, 0) is 6.42 Å². The summed E-state index contributed by atoms with van der Waals surface area (Å²) in [7, 11) is 0. The molecule has 0 amide bonds. The van der Waals surface area contributed by atoms with Crippen LogP contribution in [0.5, 0.6) is 5.75 Å². The van der Waals surface area contributed by atoms with Crippen molar-refractivity contribution >= 4 is 43.8 Å². The molecule has 0 atom stereocenters. The molecule has 2 aromatic rings. The molecule has 0 saturated heterocycles. The van der Waals surface area contributed by atoms with E-state index in [0.29, 0.717) is 5.75 Å². The van der Waals surface area contributed by atoms with E-state index in [-0.39, 0.29) is 6.61 Å². The van der Waals surface area contributed by atoms with Gasteiger partial charge < -0.3 is 4.74 Å². The molecule has 0 saturated carbocycles. The van der Waals surface area contributed by atoms with E-state index in [0.717, 1.165) is 26.6 Å². The molecule has 2 nitrogen and oxygen atoms in total. The third kappa shape index (κ3) is 4.46. The van der Waals surface area contributed by atoms with E-state index in [1.54, 1.807) is 0 Å². The number of nitrogens with zero attached hydrogens (tertiary/aromatic N) is 1. The fourth-order valence-corrected chi connectivity index (χ4v) is 3.32. The van der Waals surface area contributed by atoms with Crippen molar-refractivity contribution in [1.82, 2.24) is 0 Å².